The first-order valence-electron chi connectivity index (χ1n) is 8.20. The molecule has 1 aromatic rings. The molecule has 0 radical (unpaired) electrons. The fourth-order valence-corrected chi connectivity index (χ4v) is 2.91. The summed E-state index contributed by atoms with van der Waals surface area (Å²) in [7, 11) is 0. The van der Waals surface area contributed by atoms with Crippen LogP contribution in [0.1, 0.15) is 64.3 Å². The van der Waals surface area contributed by atoms with E-state index < -0.39 is 0 Å². The molecule has 4 heteroatoms. The Kier molecular flexibility index (Phi) is 8.27. The highest BCUT2D eigenvalue weighted by molar-refractivity contribution is 7.99. The molecule has 1 N–H and O–H groups in total. The Morgan fingerprint density at radius 1 is 1.00 bits per heavy atom. The van der Waals surface area contributed by atoms with Crippen LogP contribution in [0.3, 0.4) is 0 Å². The van der Waals surface area contributed by atoms with E-state index in [1.54, 1.807) is 0 Å². The molecule has 1 aromatic heterocycles. The standard InChI is InChI=1S/C17H31N3S/c1-7-15-14(9-10-18-12(3)4)16(8-2)20-17(19-15)11-21-13(5)6/h12-13,18H,7-11H2,1-6H3. The quantitative estimate of drug-likeness (QED) is 0.753. The van der Waals surface area contributed by atoms with Crippen molar-refractivity contribution >= 4 is 11.8 Å². The molecule has 0 aliphatic rings. The van der Waals surface area contributed by atoms with Gasteiger partial charge in [-0.25, -0.2) is 9.97 Å². The fourth-order valence-electron chi connectivity index (χ4n) is 2.30. The molecular formula is C17H31N3S. The number of hydrogen-bond acceptors (Lipinski definition) is 4. The zero-order valence-corrected chi connectivity index (χ0v) is 15.3. The molecule has 21 heavy (non-hydrogen) atoms. The number of rotatable bonds is 9. The normalized spacial score (nSPS) is 11.6. The number of nitrogens with zero attached hydrogens (tertiary/aromatic N) is 2. The van der Waals surface area contributed by atoms with E-state index in [1.165, 1.54) is 17.0 Å². The van der Waals surface area contributed by atoms with Gasteiger partial charge in [-0.1, -0.05) is 41.5 Å². The van der Waals surface area contributed by atoms with Crippen molar-refractivity contribution in [1.82, 2.24) is 15.3 Å². The summed E-state index contributed by atoms with van der Waals surface area (Å²) in [4.78, 5) is 9.62. The molecule has 120 valence electrons. The van der Waals surface area contributed by atoms with Crippen LogP contribution in [0.2, 0.25) is 0 Å². The minimum atomic E-state index is 0.530. The first kappa shape index (κ1) is 18.4. The van der Waals surface area contributed by atoms with Gasteiger partial charge in [0, 0.05) is 17.4 Å². The first-order chi connectivity index (χ1) is 9.97. The van der Waals surface area contributed by atoms with Crippen molar-refractivity contribution in [2.75, 3.05) is 6.54 Å². The van der Waals surface area contributed by atoms with Crippen LogP contribution < -0.4 is 5.32 Å². The van der Waals surface area contributed by atoms with Gasteiger partial charge in [-0.05, 0) is 36.6 Å². The lowest BCUT2D eigenvalue weighted by Crippen LogP contribution is -2.26. The van der Waals surface area contributed by atoms with Gasteiger partial charge in [-0.3, -0.25) is 0 Å². The van der Waals surface area contributed by atoms with Crippen molar-refractivity contribution in [2.45, 2.75) is 77.8 Å². The van der Waals surface area contributed by atoms with E-state index in [2.05, 4.69) is 46.9 Å². The summed E-state index contributed by atoms with van der Waals surface area (Å²) in [5, 5.41) is 4.12. The van der Waals surface area contributed by atoms with Gasteiger partial charge in [0.15, 0.2) is 0 Å². The van der Waals surface area contributed by atoms with E-state index >= 15 is 0 Å². The summed E-state index contributed by atoms with van der Waals surface area (Å²) in [6, 6.07) is 0.530. The Balaban J connectivity index is 2.90. The van der Waals surface area contributed by atoms with Crippen LogP contribution in [-0.2, 0) is 25.0 Å². The van der Waals surface area contributed by atoms with Gasteiger partial charge < -0.3 is 5.32 Å². The summed E-state index contributed by atoms with van der Waals surface area (Å²) in [5.74, 6) is 1.92. The third-order valence-electron chi connectivity index (χ3n) is 3.37. The molecule has 0 unspecified atom stereocenters. The van der Waals surface area contributed by atoms with E-state index in [0.29, 0.717) is 11.3 Å². The van der Waals surface area contributed by atoms with E-state index in [4.69, 9.17) is 9.97 Å². The van der Waals surface area contributed by atoms with Crippen LogP contribution in [0.25, 0.3) is 0 Å². The first-order valence-corrected chi connectivity index (χ1v) is 9.25. The average molecular weight is 310 g/mol. The van der Waals surface area contributed by atoms with Gasteiger partial charge in [0.2, 0.25) is 0 Å². The molecule has 0 aliphatic heterocycles. The zero-order chi connectivity index (χ0) is 15.8. The van der Waals surface area contributed by atoms with Gasteiger partial charge in [-0.2, -0.15) is 11.8 Å². The molecule has 0 aromatic carbocycles. The highest BCUT2D eigenvalue weighted by Gasteiger charge is 2.12. The van der Waals surface area contributed by atoms with Gasteiger partial charge in [0.05, 0.1) is 5.75 Å². The summed E-state index contributed by atoms with van der Waals surface area (Å²) < 4.78 is 0. The minimum absolute atomic E-state index is 0.530. The second-order valence-corrected chi connectivity index (χ2v) is 7.50. The molecule has 0 fully saturated rings. The largest absolute Gasteiger partial charge is 0.314 e. The summed E-state index contributed by atoms with van der Waals surface area (Å²) in [6.07, 6.45) is 3.01. The predicted octanol–water partition coefficient (Wildman–Crippen LogP) is 3.78. The topological polar surface area (TPSA) is 37.8 Å². The maximum Gasteiger partial charge on any atom is 0.138 e. The third-order valence-corrected chi connectivity index (χ3v) is 4.46. The van der Waals surface area contributed by atoms with Crippen molar-refractivity contribution < 1.29 is 0 Å². The van der Waals surface area contributed by atoms with Gasteiger partial charge in [-0.15, -0.1) is 0 Å². The van der Waals surface area contributed by atoms with E-state index in [1.807, 2.05) is 11.8 Å². The Morgan fingerprint density at radius 2 is 1.57 bits per heavy atom. The van der Waals surface area contributed by atoms with Crippen LogP contribution in [0.15, 0.2) is 0 Å². The molecule has 3 nitrogen and oxygen atoms in total. The molecule has 0 spiro atoms. The minimum Gasteiger partial charge on any atom is -0.314 e. The van der Waals surface area contributed by atoms with Crippen LogP contribution >= 0.6 is 11.8 Å². The van der Waals surface area contributed by atoms with Crippen molar-refractivity contribution in [3.05, 3.63) is 22.8 Å². The SMILES string of the molecule is CCc1nc(CSC(C)C)nc(CC)c1CCNC(C)C. The van der Waals surface area contributed by atoms with Crippen LogP contribution in [-0.4, -0.2) is 27.8 Å². The molecule has 1 rings (SSSR count). The highest BCUT2D eigenvalue weighted by atomic mass is 32.2. The highest BCUT2D eigenvalue weighted by Crippen LogP contribution is 2.19. The average Bonchev–Trinajstić information content (AvgIpc) is 2.44. The molecule has 0 bridgehead atoms. The van der Waals surface area contributed by atoms with E-state index in [9.17, 15) is 0 Å². The Bertz CT molecular complexity index is 405. The van der Waals surface area contributed by atoms with E-state index in [0.717, 1.165) is 37.4 Å². The lowest BCUT2D eigenvalue weighted by atomic mass is 10.0. The van der Waals surface area contributed by atoms with Crippen LogP contribution in [0, 0.1) is 0 Å². The molecule has 0 aliphatic carbocycles. The summed E-state index contributed by atoms with van der Waals surface area (Å²) in [6.45, 7) is 14.2. The zero-order valence-electron chi connectivity index (χ0n) is 14.5. The summed E-state index contributed by atoms with van der Waals surface area (Å²) >= 11 is 1.91. The van der Waals surface area contributed by atoms with Crippen molar-refractivity contribution in [3.8, 4) is 0 Å². The maximum absolute atomic E-state index is 4.81. The van der Waals surface area contributed by atoms with Crippen molar-refractivity contribution in [2.24, 2.45) is 0 Å². The predicted molar refractivity (Wildman–Crippen MR) is 94.1 cm³/mol. The van der Waals surface area contributed by atoms with Crippen molar-refractivity contribution in [1.29, 1.82) is 0 Å². The second-order valence-electron chi connectivity index (χ2n) is 5.94. The number of nitrogens with one attached hydrogen (secondary N) is 1. The molecule has 0 saturated carbocycles. The smallest absolute Gasteiger partial charge is 0.138 e. The Labute approximate surface area is 134 Å². The monoisotopic (exact) mass is 309 g/mol. The molecular weight excluding hydrogens is 278 g/mol. The lowest BCUT2D eigenvalue weighted by molar-refractivity contribution is 0.586. The number of thioether (sulfide) groups is 1. The Hall–Kier alpha value is -0.610. The third kappa shape index (κ3) is 6.35. The molecule has 0 amide bonds. The van der Waals surface area contributed by atoms with Gasteiger partial charge in [0.1, 0.15) is 5.82 Å². The molecule has 1 heterocycles. The maximum atomic E-state index is 4.81. The molecule has 0 atom stereocenters. The van der Waals surface area contributed by atoms with Gasteiger partial charge in [0.25, 0.3) is 0 Å². The van der Waals surface area contributed by atoms with Crippen molar-refractivity contribution in [3.63, 3.8) is 0 Å². The number of aryl methyl sites for hydroxylation is 2. The summed E-state index contributed by atoms with van der Waals surface area (Å²) in [5.41, 5.74) is 3.85. The van der Waals surface area contributed by atoms with Gasteiger partial charge >= 0.3 is 0 Å². The number of hydrogen-bond donors (Lipinski definition) is 1. The van der Waals surface area contributed by atoms with E-state index in [-0.39, 0.29) is 0 Å². The second kappa shape index (κ2) is 9.42. The lowest BCUT2D eigenvalue weighted by Gasteiger charge is -2.15. The fraction of sp³-hybridized carbons (Fsp3) is 0.765. The number of aromatic nitrogens is 2. The molecule has 0 saturated heterocycles. The Morgan fingerprint density at radius 3 is 2.00 bits per heavy atom. The van der Waals surface area contributed by atoms with Crippen LogP contribution in [0.5, 0.6) is 0 Å². The van der Waals surface area contributed by atoms with Crippen LogP contribution in [0.4, 0.5) is 0 Å².